The van der Waals surface area contributed by atoms with E-state index in [9.17, 15) is 0 Å². The van der Waals surface area contributed by atoms with Crippen molar-refractivity contribution in [3.63, 3.8) is 0 Å². The molecule has 0 bridgehead atoms. The second-order valence-corrected chi connectivity index (χ2v) is 5.41. The SMILES string of the molecule is CC(C)c1ccc(N2CCOC(c3nnn(C)n3)C2)nn1. The fraction of sp³-hybridized carbons (Fsp3) is 0.615. The summed E-state index contributed by atoms with van der Waals surface area (Å²) < 4.78 is 5.72. The lowest BCUT2D eigenvalue weighted by Crippen LogP contribution is -2.39. The number of ether oxygens (including phenoxy) is 1. The Balaban J connectivity index is 1.73. The van der Waals surface area contributed by atoms with Crippen molar-refractivity contribution in [2.24, 2.45) is 7.05 Å². The van der Waals surface area contributed by atoms with Crippen LogP contribution in [0.15, 0.2) is 12.1 Å². The molecule has 0 N–H and O–H groups in total. The maximum Gasteiger partial charge on any atom is 0.205 e. The summed E-state index contributed by atoms with van der Waals surface area (Å²) in [5.74, 6) is 1.85. The molecule has 0 saturated carbocycles. The molecule has 1 unspecified atom stereocenters. The molecular formula is C13H19N7O. The zero-order chi connectivity index (χ0) is 14.8. The molecular weight excluding hydrogens is 270 g/mol. The van der Waals surface area contributed by atoms with E-state index < -0.39 is 0 Å². The fourth-order valence-corrected chi connectivity index (χ4v) is 2.25. The largest absolute Gasteiger partial charge is 0.366 e. The van der Waals surface area contributed by atoms with E-state index in [0.29, 0.717) is 24.9 Å². The molecule has 3 rings (SSSR count). The van der Waals surface area contributed by atoms with Crippen LogP contribution in [0.3, 0.4) is 0 Å². The predicted octanol–water partition coefficient (Wildman–Crippen LogP) is 0.701. The minimum Gasteiger partial charge on any atom is -0.366 e. The number of hydrogen-bond donors (Lipinski definition) is 0. The first-order chi connectivity index (χ1) is 10.1. The van der Waals surface area contributed by atoms with Crippen LogP contribution >= 0.6 is 0 Å². The lowest BCUT2D eigenvalue weighted by molar-refractivity contribution is 0.0335. The van der Waals surface area contributed by atoms with Gasteiger partial charge in [-0.05, 0) is 23.3 Å². The quantitative estimate of drug-likeness (QED) is 0.822. The number of hydrogen-bond acceptors (Lipinski definition) is 7. The third kappa shape index (κ3) is 2.99. The van der Waals surface area contributed by atoms with Gasteiger partial charge in [0.15, 0.2) is 5.82 Å². The van der Waals surface area contributed by atoms with Crippen LogP contribution in [0.5, 0.6) is 0 Å². The summed E-state index contributed by atoms with van der Waals surface area (Å²) in [4.78, 5) is 3.58. The molecule has 2 aromatic heterocycles. The van der Waals surface area contributed by atoms with Crippen LogP contribution in [0.1, 0.15) is 37.4 Å². The first-order valence-electron chi connectivity index (χ1n) is 7.07. The van der Waals surface area contributed by atoms with Gasteiger partial charge in [-0.25, -0.2) is 0 Å². The van der Waals surface area contributed by atoms with Gasteiger partial charge in [0.25, 0.3) is 0 Å². The van der Waals surface area contributed by atoms with Gasteiger partial charge >= 0.3 is 0 Å². The lowest BCUT2D eigenvalue weighted by Gasteiger charge is -2.31. The smallest absolute Gasteiger partial charge is 0.205 e. The summed E-state index contributed by atoms with van der Waals surface area (Å²) in [7, 11) is 1.74. The summed E-state index contributed by atoms with van der Waals surface area (Å²) in [6.07, 6.45) is -0.181. The highest BCUT2D eigenvalue weighted by Gasteiger charge is 2.26. The maximum atomic E-state index is 5.72. The molecule has 21 heavy (non-hydrogen) atoms. The number of tetrazole rings is 1. The summed E-state index contributed by atoms with van der Waals surface area (Å²) >= 11 is 0. The van der Waals surface area contributed by atoms with Crippen molar-refractivity contribution in [2.45, 2.75) is 25.9 Å². The summed E-state index contributed by atoms with van der Waals surface area (Å²) in [6.45, 7) is 6.26. The van der Waals surface area contributed by atoms with Gasteiger partial charge < -0.3 is 9.64 Å². The average molecular weight is 289 g/mol. The highest BCUT2D eigenvalue weighted by atomic mass is 16.5. The Bertz CT molecular complexity index is 595. The van der Waals surface area contributed by atoms with Crippen LogP contribution in [-0.4, -0.2) is 50.1 Å². The molecule has 0 spiro atoms. The standard InChI is InChI=1S/C13H19N7O/c1-9(2)10-4-5-12(15-14-10)20-6-7-21-11(8-20)13-16-18-19(3)17-13/h4-5,9,11H,6-8H2,1-3H3. The van der Waals surface area contributed by atoms with Crippen LogP contribution in [0, 0.1) is 0 Å². The van der Waals surface area contributed by atoms with E-state index in [-0.39, 0.29) is 6.10 Å². The van der Waals surface area contributed by atoms with Crippen molar-refractivity contribution in [2.75, 3.05) is 24.6 Å². The molecule has 0 amide bonds. The molecule has 8 nitrogen and oxygen atoms in total. The molecule has 8 heteroatoms. The zero-order valence-electron chi connectivity index (χ0n) is 12.5. The number of morpholine rings is 1. The predicted molar refractivity (Wildman–Crippen MR) is 75.8 cm³/mol. The minimum absolute atomic E-state index is 0.181. The Morgan fingerprint density at radius 3 is 2.71 bits per heavy atom. The fourth-order valence-electron chi connectivity index (χ4n) is 2.25. The van der Waals surface area contributed by atoms with Crippen molar-refractivity contribution in [1.82, 2.24) is 30.4 Å². The van der Waals surface area contributed by atoms with Gasteiger partial charge in [0.1, 0.15) is 6.10 Å². The Labute approximate surface area is 123 Å². The van der Waals surface area contributed by atoms with Gasteiger partial charge in [-0.3, -0.25) is 0 Å². The monoisotopic (exact) mass is 289 g/mol. The number of aromatic nitrogens is 6. The summed E-state index contributed by atoms with van der Waals surface area (Å²) in [5.41, 5.74) is 0.999. The van der Waals surface area contributed by atoms with E-state index >= 15 is 0 Å². The number of aryl methyl sites for hydroxylation is 1. The van der Waals surface area contributed by atoms with Crippen LogP contribution in [0.2, 0.25) is 0 Å². The Hall–Kier alpha value is -2.09. The molecule has 0 aliphatic carbocycles. The van der Waals surface area contributed by atoms with E-state index in [1.54, 1.807) is 7.05 Å². The van der Waals surface area contributed by atoms with Gasteiger partial charge in [-0.1, -0.05) is 13.8 Å². The maximum absolute atomic E-state index is 5.72. The first kappa shape index (κ1) is 13.9. The molecule has 1 atom stereocenters. The normalized spacial score (nSPS) is 19.2. The van der Waals surface area contributed by atoms with Crippen LogP contribution in [0.4, 0.5) is 5.82 Å². The van der Waals surface area contributed by atoms with Crippen molar-refractivity contribution in [1.29, 1.82) is 0 Å². The van der Waals surface area contributed by atoms with E-state index in [4.69, 9.17) is 4.74 Å². The van der Waals surface area contributed by atoms with Gasteiger partial charge in [0.05, 0.1) is 25.9 Å². The van der Waals surface area contributed by atoms with Gasteiger partial charge in [0, 0.05) is 6.54 Å². The number of rotatable bonds is 3. The Morgan fingerprint density at radius 1 is 1.24 bits per heavy atom. The van der Waals surface area contributed by atoms with Crippen molar-refractivity contribution in [3.8, 4) is 0 Å². The first-order valence-corrected chi connectivity index (χ1v) is 7.07. The van der Waals surface area contributed by atoms with E-state index in [0.717, 1.165) is 18.1 Å². The van der Waals surface area contributed by atoms with Crippen molar-refractivity contribution < 1.29 is 4.74 Å². The third-order valence-corrected chi connectivity index (χ3v) is 3.46. The number of anilines is 1. The van der Waals surface area contributed by atoms with Crippen LogP contribution < -0.4 is 4.90 Å². The van der Waals surface area contributed by atoms with Crippen molar-refractivity contribution in [3.05, 3.63) is 23.7 Å². The Morgan fingerprint density at radius 2 is 2.10 bits per heavy atom. The molecule has 1 aliphatic heterocycles. The second kappa shape index (κ2) is 5.72. The Kier molecular flexibility index (Phi) is 3.78. The highest BCUT2D eigenvalue weighted by Crippen LogP contribution is 2.22. The van der Waals surface area contributed by atoms with Gasteiger partial charge in [-0.15, -0.1) is 15.3 Å². The molecule has 0 aromatic carbocycles. The zero-order valence-corrected chi connectivity index (χ0v) is 12.5. The third-order valence-electron chi connectivity index (χ3n) is 3.46. The average Bonchev–Trinajstić information content (AvgIpc) is 2.94. The van der Waals surface area contributed by atoms with Crippen molar-refractivity contribution >= 4 is 5.82 Å². The minimum atomic E-state index is -0.181. The molecule has 112 valence electrons. The number of nitrogens with zero attached hydrogens (tertiary/aromatic N) is 7. The van der Waals surface area contributed by atoms with Gasteiger partial charge in [-0.2, -0.15) is 9.90 Å². The lowest BCUT2D eigenvalue weighted by atomic mass is 10.1. The molecule has 0 radical (unpaired) electrons. The summed E-state index contributed by atoms with van der Waals surface area (Å²) in [6, 6.07) is 4.03. The van der Waals surface area contributed by atoms with Gasteiger partial charge in [0.2, 0.25) is 5.82 Å². The molecule has 1 aliphatic rings. The van der Waals surface area contributed by atoms with Crippen LogP contribution in [-0.2, 0) is 11.8 Å². The topological polar surface area (TPSA) is 81.9 Å². The molecule has 2 aromatic rings. The second-order valence-electron chi connectivity index (χ2n) is 5.41. The van der Waals surface area contributed by atoms with E-state index in [1.807, 2.05) is 12.1 Å². The van der Waals surface area contributed by atoms with Crippen LogP contribution in [0.25, 0.3) is 0 Å². The molecule has 1 saturated heterocycles. The van der Waals surface area contributed by atoms with E-state index in [1.165, 1.54) is 4.80 Å². The highest BCUT2D eigenvalue weighted by molar-refractivity contribution is 5.38. The van der Waals surface area contributed by atoms with E-state index in [2.05, 4.69) is 44.4 Å². The molecule has 3 heterocycles. The molecule has 1 fully saturated rings. The summed E-state index contributed by atoms with van der Waals surface area (Å²) in [5, 5.41) is 20.7.